The van der Waals surface area contributed by atoms with E-state index in [9.17, 15) is 4.79 Å². The van der Waals surface area contributed by atoms with E-state index < -0.39 is 0 Å². The van der Waals surface area contributed by atoms with E-state index in [0.29, 0.717) is 0 Å². The second-order valence-corrected chi connectivity index (χ2v) is 3.87. The number of H-pyrrole nitrogens is 1. The van der Waals surface area contributed by atoms with Gasteiger partial charge in [0.1, 0.15) is 0 Å². The fourth-order valence-corrected chi connectivity index (χ4v) is 2.16. The highest BCUT2D eigenvalue weighted by Crippen LogP contribution is 2.25. The molecule has 1 heterocycles. The molecular weight excluding hydrogens is 186 g/mol. The Bertz CT molecular complexity index is 523. The monoisotopic (exact) mass is 201 g/mol. The Hall–Kier alpha value is -1.57. The van der Waals surface area contributed by atoms with E-state index in [4.69, 9.17) is 0 Å². The maximum atomic E-state index is 11.5. The summed E-state index contributed by atoms with van der Waals surface area (Å²) in [5, 5.41) is 1.05. The maximum absolute atomic E-state index is 11.5. The number of para-hydroxylation sites is 1. The third-order valence-electron chi connectivity index (χ3n) is 2.84. The van der Waals surface area contributed by atoms with Gasteiger partial charge in [0.2, 0.25) is 0 Å². The van der Waals surface area contributed by atoms with Gasteiger partial charge in [-0.1, -0.05) is 25.1 Å². The summed E-state index contributed by atoms with van der Waals surface area (Å²) in [4.78, 5) is 14.8. The molecule has 0 unspecified atom stereocenters. The topological polar surface area (TPSA) is 32.9 Å². The molecule has 0 fully saturated rings. The van der Waals surface area contributed by atoms with Gasteiger partial charge in [-0.2, -0.15) is 0 Å². The Labute approximate surface area is 89.3 Å². The van der Waals surface area contributed by atoms with Crippen LogP contribution < -0.4 is 0 Å². The quantitative estimate of drug-likeness (QED) is 0.743. The Kier molecular flexibility index (Phi) is 2.35. The fraction of sp³-hybridized carbons (Fsp3) is 0.308. The van der Waals surface area contributed by atoms with Crippen LogP contribution in [0.25, 0.3) is 10.9 Å². The van der Waals surface area contributed by atoms with Crippen molar-refractivity contribution in [2.24, 2.45) is 0 Å². The van der Waals surface area contributed by atoms with Crippen LogP contribution in [0.1, 0.15) is 35.5 Å². The molecule has 0 saturated heterocycles. The van der Waals surface area contributed by atoms with Crippen LogP contribution in [-0.4, -0.2) is 10.8 Å². The molecule has 2 heteroatoms. The standard InChI is InChI=1S/C13H15NO/c1-4-10-6-5-7-11-12(9(3)15)8(2)14-13(10)11/h5-7,14H,4H2,1-3H3. The first-order chi connectivity index (χ1) is 7.15. The molecule has 2 rings (SSSR count). The van der Waals surface area contributed by atoms with Crippen LogP contribution in [0.3, 0.4) is 0 Å². The van der Waals surface area contributed by atoms with Gasteiger partial charge in [-0.25, -0.2) is 0 Å². The highest BCUT2D eigenvalue weighted by molar-refractivity contribution is 6.08. The summed E-state index contributed by atoms with van der Waals surface area (Å²) in [6, 6.07) is 6.12. The first-order valence-electron chi connectivity index (χ1n) is 5.26. The highest BCUT2D eigenvalue weighted by Gasteiger charge is 2.13. The van der Waals surface area contributed by atoms with Crippen molar-refractivity contribution < 1.29 is 4.79 Å². The number of ketones is 1. The van der Waals surface area contributed by atoms with Crippen molar-refractivity contribution in [2.75, 3.05) is 0 Å². The molecule has 0 radical (unpaired) electrons. The number of aromatic amines is 1. The number of fused-ring (bicyclic) bond motifs is 1. The SMILES string of the molecule is CCc1cccc2c(C(C)=O)c(C)[nH]c12. The van der Waals surface area contributed by atoms with E-state index in [2.05, 4.69) is 18.0 Å². The van der Waals surface area contributed by atoms with E-state index in [0.717, 1.165) is 28.6 Å². The molecule has 0 atom stereocenters. The summed E-state index contributed by atoms with van der Waals surface area (Å²) in [7, 11) is 0. The predicted molar refractivity (Wildman–Crippen MR) is 62.4 cm³/mol. The van der Waals surface area contributed by atoms with Crippen molar-refractivity contribution in [1.82, 2.24) is 4.98 Å². The average molecular weight is 201 g/mol. The number of rotatable bonds is 2. The second-order valence-electron chi connectivity index (χ2n) is 3.87. The summed E-state index contributed by atoms with van der Waals surface area (Å²) in [6.07, 6.45) is 0.981. The second kappa shape index (κ2) is 3.54. The third-order valence-corrected chi connectivity index (χ3v) is 2.84. The average Bonchev–Trinajstić information content (AvgIpc) is 2.53. The summed E-state index contributed by atoms with van der Waals surface area (Å²) in [5.41, 5.74) is 4.18. The lowest BCUT2D eigenvalue weighted by atomic mass is 10.0. The fourth-order valence-electron chi connectivity index (χ4n) is 2.16. The maximum Gasteiger partial charge on any atom is 0.162 e. The smallest absolute Gasteiger partial charge is 0.162 e. The van der Waals surface area contributed by atoms with Crippen LogP contribution in [0.4, 0.5) is 0 Å². The molecular formula is C13H15NO. The Balaban J connectivity index is 2.84. The molecule has 0 amide bonds. The zero-order valence-electron chi connectivity index (χ0n) is 9.35. The van der Waals surface area contributed by atoms with Gasteiger partial charge >= 0.3 is 0 Å². The van der Waals surface area contributed by atoms with Crippen molar-refractivity contribution in [3.8, 4) is 0 Å². The van der Waals surface area contributed by atoms with Crippen LogP contribution in [0.2, 0.25) is 0 Å². The van der Waals surface area contributed by atoms with Crippen LogP contribution in [0.15, 0.2) is 18.2 Å². The predicted octanol–water partition coefficient (Wildman–Crippen LogP) is 3.24. The van der Waals surface area contributed by atoms with Crippen molar-refractivity contribution in [2.45, 2.75) is 27.2 Å². The van der Waals surface area contributed by atoms with E-state index >= 15 is 0 Å². The molecule has 1 aromatic heterocycles. The van der Waals surface area contributed by atoms with E-state index in [1.165, 1.54) is 5.56 Å². The van der Waals surface area contributed by atoms with Gasteiger partial charge < -0.3 is 4.98 Å². The molecule has 2 nitrogen and oxygen atoms in total. The molecule has 0 aliphatic rings. The van der Waals surface area contributed by atoms with Crippen LogP contribution in [-0.2, 0) is 6.42 Å². The number of carbonyl (C=O) groups is 1. The zero-order valence-corrected chi connectivity index (χ0v) is 9.35. The van der Waals surface area contributed by atoms with Crippen LogP contribution in [0.5, 0.6) is 0 Å². The van der Waals surface area contributed by atoms with Gasteiger partial charge in [-0.3, -0.25) is 4.79 Å². The minimum absolute atomic E-state index is 0.131. The number of carbonyl (C=O) groups excluding carboxylic acids is 1. The zero-order chi connectivity index (χ0) is 11.0. The molecule has 0 spiro atoms. The van der Waals surface area contributed by atoms with Crippen molar-refractivity contribution in [1.29, 1.82) is 0 Å². The van der Waals surface area contributed by atoms with Crippen LogP contribution in [0, 0.1) is 6.92 Å². The van der Waals surface area contributed by atoms with Crippen molar-refractivity contribution >= 4 is 16.7 Å². The minimum atomic E-state index is 0.131. The molecule has 15 heavy (non-hydrogen) atoms. The molecule has 0 aliphatic carbocycles. The number of benzene rings is 1. The lowest BCUT2D eigenvalue weighted by Gasteiger charge is -1.98. The van der Waals surface area contributed by atoms with Crippen molar-refractivity contribution in [3.05, 3.63) is 35.0 Å². The summed E-state index contributed by atoms with van der Waals surface area (Å²) < 4.78 is 0. The Morgan fingerprint density at radius 3 is 2.73 bits per heavy atom. The van der Waals surface area contributed by atoms with Crippen LogP contribution >= 0.6 is 0 Å². The number of aryl methyl sites for hydroxylation is 2. The summed E-state index contributed by atoms with van der Waals surface area (Å²) >= 11 is 0. The van der Waals surface area contributed by atoms with Gasteiger partial charge in [0, 0.05) is 22.2 Å². The van der Waals surface area contributed by atoms with E-state index in [1.807, 2.05) is 19.1 Å². The Morgan fingerprint density at radius 2 is 2.13 bits per heavy atom. The summed E-state index contributed by atoms with van der Waals surface area (Å²) in [6.45, 7) is 5.70. The number of aromatic nitrogens is 1. The first-order valence-corrected chi connectivity index (χ1v) is 5.26. The Morgan fingerprint density at radius 1 is 1.40 bits per heavy atom. The minimum Gasteiger partial charge on any atom is -0.358 e. The van der Waals surface area contributed by atoms with Gasteiger partial charge in [0.25, 0.3) is 0 Å². The number of hydrogen-bond donors (Lipinski definition) is 1. The normalized spacial score (nSPS) is 10.9. The number of Topliss-reactive ketones (excluding diaryl/α,β-unsaturated/α-hetero) is 1. The lowest BCUT2D eigenvalue weighted by Crippen LogP contribution is -1.92. The lowest BCUT2D eigenvalue weighted by molar-refractivity contribution is 0.101. The third kappa shape index (κ3) is 1.46. The van der Waals surface area contributed by atoms with Gasteiger partial charge in [0.15, 0.2) is 5.78 Å². The molecule has 1 N–H and O–H groups in total. The van der Waals surface area contributed by atoms with E-state index in [-0.39, 0.29) is 5.78 Å². The largest absolute Gasteiger partial charge is 0.358 e. The van der Waals surface area contributed by atoms with Gasteiger partial charge in [-0.15, -0.1) is 0 Å². The molecule has 0 aliphatic heterocycles. The number of nitrogens with one attached hydrogen (secondary N) is 1. The number of hydrogen-bond acceptors (Lipinski definition) is 1. The first kappa shape index (κ1) is 9.97. The molecule has 78 valence electrons. The highest BCUT2D eigenvalue weighted by atomic mass is 16.1. The molecule has 0 saturated carbocycles. The molecule has 2 aromatic rings. The van der Waals surface area contributed by atoms with Gasteiger partial charge in [-0.05, 0) is 25.8 Å². The summed E-state index contributed by atoms with van der Waals surface area (Å²) in [5.74, 6) is 0.131. The molecule has 1 aromatic carbocycles. The molecule has 0 bridgehead atoms. The van der Waals surface area contributed by atoms with Crippen molar-refractivity contribution in [3.63, 3.8) is 0 Å². The van der Waals surface area contributed by atoms with E-state index in [1.54, 1.807) is 6.92 Å². The van der Waals surface area contributed by atoms with Gasteiger partial charge in [0.05, 0.1) is 0 Å².